The highest BCUT2D eigenvalue weighted by Crippen LogP contribution is 2.19. The number of ether oxygens (including phenoxy) is 1. The topological polar surface area (TPSA) is 102 Å². The van der Waals surface area contributed by atoms with Crippen molar-refractivity contribution in [3.63, 3.8) is 0 Å². The van der Waals surface area contributed by atoms with Gasteiger partial charge in [-0.25, -0.2) is 13.2 Å². The second-order valence-corrected chi connectivity index (χ2v) is 8.04. The van der Waals surface area contributed by atoms with Gasteiger partial charge in [-0.1, -0.05) is 13.0 Å². The van der Waals surface area contributed by atoms with Gasteiger partial charge in [0.15, 0.2) is 6.61 Å². The lowest BCUT2D eigenvalue weighted by Crippen LogP contribution is -2.29. The van der Waals surface area contributed by atoms with Crippen molar-refractivity contribution < 1.29 is 22.7 Å². The number of aryl methyl sites for hydroxylation is 2. The van der Waals surface area contributed by atoms with Gasteiger partial charge in [0, 0.05) is 12.2 Å². The van der Waals surface area contributed by atoms with E-state index in [9.17, 15) is 18.0 Å². The predicted molar refractivity (Wildman–Crippen MR) is 107 cm³/mol. The van der Waals surface area contributed by atoms with Crippen LogP contribution >= 0.6 is 0 Å². The van der Waals surface area contributed by atoms with Gasteiger partial charge in [0.25, 0.3) is 15.9 Å². The molecule has 0 fully saturated rings. The fraction of sp³-hybridized carbons (Fsp3) is 0.300. The maximum atomic E-state index is 12.5. The molecule has 7 nitrogen and oxygen atoms in total. The number of nitrogens with one attached hydrogen (secondary N) is 2. The van der Waals surface area contributed by atoms with E-state index in [1.807, 2.05) is 20.8 Å². The maximum absolute atomic E-state index is 12.5. The van der Waals surface area contributed by atoms with Gasteiger partial charge in [0.1, 0.15) is 0 Å². The van der Waals surface area contributed by atoms with Crippen molar-refractivity contribution in [2.45, 2.75) is 32.1 Å². The molecule has 0 spiro atoms. The second kappa shape index (κ2) is 9.36. The van der Waals surface area contributed by atoms with E-state index in [0.29, 0.717) is 12.2 Å². The van der Waals surface area contributed by atoms with Crippen LogP contribution in [0.2, 0.25) is 0 Å². The molecule has 0 aliphatic carbocycles. The lowest BCUT2D eigenvalue weighted by atomic mass is 10.1. The van der Waals surface area contributed by atoms with Crippen LogP contribution in [0.4, 0.5) is 5.69 Å². The smallest absolute Gasteiger partial charge is 0.338 e. The van der Waals surface area contributed by atoms with Crippen molar-refractivity contribution in [3.05, 3.63) is 59.2 Å². The zero-order valence-corrected chi connectivity index (χ0v) is 16.9. The molecule has 0 bridgehead atoms. The Balaban J connectivity index is 2.00. The molecule has 0 unspecified atom stereocenters. The summed E-state index contributed by atoms with van der Waals surface area (Å²) in [5.74, 6) is -1.02. The molecule has 0 saturated heterocycles. The highest BCUT2D eigenvalue weighted by Gasteiger charge is 2.16. The zero-order valence-electron chi connectivity index (χ0n) is 16.1. The molecular formula is C20H24N2O5S. The van der Waals surface area contributed by atoms with E-state index >= 15 is 0 Å². The Morgan fingerprint density at radius 3 is 2.29 bits per heavy atom. The number of amides is 1. The number of hydrogen-bond donors (Lipinski definition) is 2. The molecule has 2 aromatic rings. The van der Waals surface area contributed by atoms with E-state index < -0.39 is 16.0 Å². The van der Waals surface area contributed by atoms with E-state index in [1.165, 1.54) is 24.3 Å². The van der Waals surface area contributed by atoms with E-state index in [-0.39, 0.29) is 23.0 Å². The van der Waals surface area contributed by atoms with E-state index in [1.54, 1.807) is 18.2 Å². The molecule has 0 aliphatic rings. The molecule has 0 atom stereocenters. The van der Waals surface area contributed by atoms with Crippen molar-refractivity contribution in [1.29, 1.82) is 0 Å². The molecule has 0 saturated carbocycles. The average molecular weight is 404 g/mol. The Bertz CT molecular complexity index is 953. The van der Waals surface area contributed by atoms with Gasteiger partial charge >= 0.3 is 5.97 Å². The lowest BCUT2D eigenvalue weighted by molar-refractivity contribution is -0.124. The maximum Gasteiger partial charge on any atom is 0.338 e. The van der Waals surface area contributed by atoms with Crippen molar-refractivity contribution in [3.8, 4) is 0 Å². The van der Waals surface area contributed by atoms with Crippen LogP contribution in [0.15, 0.2) is 47.4 Å². The predicted octanol–water partition coefficient (Wildman–Crippen LogP) is 2.79. The van der Waals surface area contributed by atoms with Crippen molar-refractivity contribution in [2.24, 2.45) is 0 Å². The third-order valence-corrected chi connectivity index (χ3v) is 5.45. The third-order valence-electron chi connectivity index (χ3n) is 4.07. The van der Waals surface area contributed by atoms with E-state index in [2.05, 4.69) is 10.0 Å². The summed E-state index contributed by atoms with van der Waals surface area (Å²) in [6.07, 6.45) is 0.791. The number of carbonyl (C=O) groups excluding carboxylic acids is 2. The van der Waals surface area contributed by atoms with Crippen molar-refractivity contribution in [2.75, 3.05) is 17.9 Å². The Hall–Kier alpha value is -2.87. The van der Waals surface area contributed by atoms with E-state index in [0.717, 1.165) is 17.5 Å². The van der Waals surface area contributed by atoms with Crippen LogP contribution in [0.3, 0.4) is 0 Å². The van der Waals surface area contributed by atoms with Crippen LogP contribution in [0, 0.1) is 13.8 Å². The molecule has 2 aromatic carbocycles. The first-order valence-corrected chi connectivity index (χ1v) is 10.3. The highest BCUT2D eigenvalue weighted by molar-refractivity contribution is 7.92. The van der Waals surface area contributed by atoms with Crippen LogP contribution in [-0.2, 0) is 19.6 Å². The van der Waals surface area contributed by atoms with Crippen molar-refractivity contribution in [1.82, 2.24) is 5.32 Å². The normalized spacial score (nSPS) is 11.0. The zero-order chi connectivity index (χ0) is 20.7. The Labute approximate surface area is 165 Å². The Morgan fingerprint density at radius 1 is 1.00 bits per heavy atom. The first-order chi connectivity index (χ1) is 13.2. The van der Waals surface area contributed by atoms with Gasteiger partial charge in [-0.15, -0.1) is 0 Å². The molecule has 0 radical (unpaired) electrons. The van der Waals surface area contributed by atoms with Gasteiger partial charge < -0.3 is 10.1 Å². The number of carbonyl (C=O) groups is 2. The number of benzene rings is 2. The molecule has 0 aromatic heterocycles. The number of esters is 1. The monoisotopic (exact) mass is 404 g/mol. The molecule has 1 amide bonds. The molecule has 28 heavy (non-hydrogen) atoms. The van der Waals surface area contributed by atoms with Crippen molar-refractivity contribution >= 4 is 27.6 Å². The molecule has 8 heteroatoms. The lowest BCUT2D eigenvalue weighted by Gasteiger charge is -2.10. The molecule has 2 N–H and O–H groups in total. The summed E-state index contributed by atoms with van der Waals surface area (Å²) in [6, 6.07) is 10.7. The Kier molecular flexibility index (Phi) is 7.17. The van der Waals surface area contributed by atoms with Gasteiger partial charge in [0.2, 0.25) is 0 Å². The number of hydrogen-bond acceptors (Lipinski definition) is 5. The van der Waals surface area contributed by atoms with Crippen LogP contribution in [0.1, 0.15) is 34.8 Å². The van der Waals surface area contributed by atoms with Gasteiger partial charge in [-0.2, -0.15) is 0 Å². The Morgan fingerprint density at radius 2 is 1.68 bits per heavy atom. The molecule has 2 rings (SSSR count). The summed E-state index contributed by atoms with van der Waals surface area (Å²) in [4.78, 5) is 23.6. The molecular weight excluding hydrogens is 380 g/mol. The third kappa shape index (κ3) is 5.82. The highest BCUT2D eigenvalue weighted by atomic mass is 32.2. The largest absolute Gasteiger partial charge is 0.452 e. The minimum Gasteiger partial charge on any atom is -0.452 e. The first kappa shape index (κ1) is 21.4. The summed E-state index contributed by atoms with van der Waals surface area (Å²) < 4.78 is 32.4. The molecule has 0 heterocycles. The van der Waals surface area contributed by atoms with Crippen LogP contribution in [0.5, 0.6) is 0 Å². The quantitative estimate of drug-likeness (QED) is 0.659. The van der Waals surface area contributed by atoms with Gasteiger partial charge in [-0.3, -0.25) is 9.52 Å². The minimum absolute atomic E-state index is 0.164. The van der Waals surface area contributed by atoms with Gasteiger partial charge in [-0.05, 0) is 67.8 Å². The molecule has 150 valence electrons. The van der Waals surface area contributed by atoms with Crippen LogP contribution in [0.25, 0.3) is 0 Å². The molecule has 0 aliphatic heterocycles. The second-order valence-electron chi connectivity index (χ2n) is 6.36. The standard InChI is InChI=1S/C20H24N2O5S/c1-4-11-21-19(23)13-27-20(24)16-6-8-17(9-7-16)22-28(25,26)18-10-5-14(2)15(3)12-18/h5-10,12,22H,4,11,13H2,1-3H3,(H,21,23). The minimum atomic E-state index is -3.74. The summed E-state index contributed by atoms with van der Waals surface area (Å²) in [7, 11) is -3.74. The number of rotatable bonds is 8. The first-order valence-electron chi connectivity index (χ1n) is 8.87. The fourth-order valence-corrected chi connectivity index (χ4v) is 3.44. The summed E-state index contributed by atoms with van der Waals surface area (Å²) in [5, 5.41) is 2.60. The number of anilines is 1. The summed E-state index contributed by atoms with van der Waals surface area (Å²) >= 11 is 0. The number of sulfonamides is 1. The average Bonchev–Trinajstić information content (AvgIpc) is 2.66. The fourth-order valence-electron chi connectivity index (χ4n) is 2.30. The summed E-state index contributed by atoms with van der Waals surface area (Å²) in [6.45, 7) is 5.83. The van der Waals surface area contributed by atoms with Crippen LogP contribution < -0.4 is 10.0 Å². The van der Waals surface area contributed by atoms with Gasteiger partial charge in [0.05, 0.1) is 10.5 Å². The van der Waals surface area contributed by atoms with Crippen LogP contribution in [-0.4, -0.2) is 33.4 Å². The summed E-state index contributed by atoms with van der Waals surface area (Å²) in [5.41, 5.74) is 2.42. The SMILES string of the molecule is CCCNC(=O)COC(=O)c1ccc(NS(=O)(=O)c2ccc(C)c(C)c2)cc1. The van der Waals surface area contributed by atoms with E-state index in [4.69, 9.17) is 4.74 Å².